The fourth-order valence-electron chi connectivity index (χ4n) is 1.69. The topological polar surface area (TPSA) is 61.7 Å². The van der Waals surface area contributed by atoms with Crippen molar-refractivity contribution < 1.29 is 19.3 Å². The Labute approximate surface area is 113 Å². The molecule has 0 aliphatic carbocycles. The second kappa shape index (κ2) is 7.55. The first-order chi connectivity index (χ1) is 8.94. The van der Waals surface area contributed by atoms with Crippen LogP contribution < -0.4 is 5.32 Å². The van der Waals surface area contributed by atoms with Gasteiger partial charge in [0, 0.05) is 33.2 Å². The summed E-state index contributed by atoms with van der Waals surface area (Å²) in [5.74, 6) is -0.327. The number of aliphatic hydroxyl groups is 2. The van der Waals surface area contributed by atoms with E-state index in [-0.39, 0.29) is 5.82 Å². The Morgan fingerprint density at radius 1 is 1.37 bits per heavy atom. The highest BCUT2D eigenvalue weighted by atomic mass is 19.1. The molecule has 0 saturated carbocycles. The van der Waals surface area contributed by atoms with Crippen LogP contribution in [0.15, 0.2) is 24.3 Å². The lowest BCUT2D eigenvalue weighted by atomic mass is 10.0. The Kier molecular flexibility index (Phi) is 6.37. The van der Waals surface area contributed by atoms with E-state index in [9.17, 15) is 14.6 Å². The maximum Gasteiger partial charge on any atom is 0.123 e. The highest BCUT2D eigenvalue weighted by Gasteiger charge is 2.20. The Morgan fingerprint density at radius 3 is 2.58 bits per heavy atom. The standard InChI is InChI=1S/C14H22FNO3/c1-14(18,7-8-19-2)10-16-9-13(17)11-3-5-12(15)6-4-11/h3-6,13,16-18H,7-10H2,1-2H3. The van der Waals surface area contributed by atoms with Gasteiger partial charge in [-0.25, -0.2) is 4.39 Å². The number of methoxy groups -OCH3 is 1. The molecule has 0 fully saturated rings. The van der Waals surface area contributed by atoms with Gasteiger partial charge in [-0.2, -0.15) is 0 Å². The first-order valence-corrected chi connectivity index (χ1v) is 6.30. The van der Waals surface area contributed by atoms with Crippen molar-refractivity contribution in [2.24, 2.45) is 0 Å². The minimum atomic E-state index is -0.876. The smallest absolute Gasteiger partial charge is 0.123 e. The van der Waals surface area contributed by atoms with Gasteiger partial charge in [-0.3, -0.25) is 0 Å². The molecule has 0 aliphatic heterocycles. The predicted molar refractivity (Wildman–Crippen MR) is 71.3 cm³/mol. The van der Waals surface area contributed by atoms with E-state index in [2.05, 4.69) is 5.32 Å². The van der Waals surface area contributed by atoms with Crippen LogP contribution in [0, 0.1) is 5.82 Å². The van der Waals surface area contributed by atoms with Crippen LogP contribution in [-0.4, -0.2) is 42.6 Å². The van der Waals surface area contributed by atoms with Crippen LogP contribution in [0.1, 0.15) is 25.0 Å². The SMILES string of the molecule is COCCC(C)(O)CNCC(O)c1ccc(F)cc1. The molecule has 108 valence electrons. The summed E-state index contributed by atoms with van der Waals surface area (Å²) in [7, 11) is 1.59. The molecule has 1 aromatic rings. The second-order valence-electron chi connectivity index (χ2n) is 4.94. The van der Waals surface area contributed by atoms with Crippen LogP contribution in [0.25, 0.3) is 0 Å². The van der Waals surface area contributed by atoms with Gasteiger partial charge in [0.2, 0.25) is 0 Å². The number of hydrogen-bond acceptors (Lipinski definition) is 4. The number of rotatable bonds is 8. The molecule has 2 atom stereocenters. The molecule has 3 N–H and O–H groups in total. The maximum absolute atomic E-state index is 12.7. The lowest BCUT2D eigenvalue weighted by molar-refractivity contribution is 0.0225. The summed E-state index contributed by atoms with van der Waals surface area (Å²) in [5.41, 5.74) is -0.233. The van der Waals surface area contributed by atoms with Crippen molar-refractivity contribution in [3.05, 3.63) is 35.6 Å². The fraction of sp³-hybridized carbons (Fsp3) is 0.571. The molecule has 0 spiro atoms. The molecule has 0 aliphatic rings. The molecule has 1 rings (SSSR count). The Balaban J connectivity index is 2.34. The van der Waals surface area contributed by atoms with Gasteiger partial charge in [0.25, 0.3) is 0 Å². The van der Waals surface area contributed by atoms with E-state index in [4.69, 9.17) is 4.74 Å². The fourth-order valence-corrected chi connectivity index (χ4v) is 1.69. The first-order valence-electron chi connectivity index (χ1n) is 6.30. The van der Waals surface area contributed by atoms with Gasteiger partial charge in [-0.05, 0) is 24.6 Å². The van der Waals surface area contributed by atoms with Crippen LogP contribution in [0.3, 0.4) is 0 Å². The third-order valence-electron chi connectivity index (χ3n) is 2.94. The number of nitrogens with one attached hydrogen (secondary N) is 1. The minimum Gasteiger partial charge on any atom is -0.389 e. The van der Waals surface area contributed by atoms with Crippen LogP contribution in [0.2, 0.25) is 0 Å². The number of ether oxygens (including phenoxy) is 1. The Hall–Kier alpha value is -1.01. The van der Waals surface area contributed by atoms with Crippen LogP contribution >= 0.6 is 0 Å². The Bertz CT molecular complexity index is 367. The van der Waals surface area contributed by atoms with E-state index in [1.54, 1.807) is 26.2 Å². The van der Waals surface area contributed by atoms with Crippen molar-refractivity contribution in [1.82, 2.24) is 5.32 Å². The zero-order chi connectivity index (χ0) is 14.3. The summed E-state index contributed by atoms with van der Waals surface area (Å²) in [6, 6.07) is 5.72. The van der Waals surface area contributed by atoms with Crippen molar-refractivity contribution in [3.8, 4) is 0 Å². The quantitative estimate of drug-likeness (QED) is 0.665. The molecule has 0 aromatic heterocycles. The van der Waals surface area contributed by atoms with Gasteiger partial charge in [-0.15, -0.1) is 0 Å². The van der Waals surface area contributed by atoms with Crippen molar-refractivity contribution in [3.63, 3.8) is 0 Å². The first kappa shape index (κ1) is 16.0. The Morgan fingerprint density at radius 2 is 2.00 bits per heavy atom. The van der Waals surface area contributed by atoms with Crippen LogP contribution in [-0.2, 0) is 4.74 Å². The predicted octanol–water partition coefficient (Wildman–Crippen LogP) is 1.24. The molecule has 0 saturated heterocycles. The van der Waals surface area contributed by atoms with Crippen molar-refractivity contribution in [2.45, 2.75) is 25.0 Å². The molecular formula is C14H22FNO3. The average Bonchev–Trinajstić information content (AvgIpc) is 2.37. The molecule has 0 amide bonds. The zero-order valence-electron chi connectivity index (χ0n) is 11.4. The summed E-state index contributed by atoms with van der Waals surface area (Å²) < 4.78 is 17.6. The summed E-state index contributed by atoms with van der Waals surface area (Å²) in [6.45, 7) is 2.85. The molecule has 0 bridgehead atoms. The summed E-state index contributed by atoms with van der Waals surface area (Å²) in [4.78, 5) is 0. The largest absolute Gasteiger partial charge is 0.389 e. The van der Waals surface area contributed by atoms with E-state index in [0.717, 1.165) is 0 Å². The molecule has 2 unspecified atom stereocenters. The molecule has 1 aromatic carbocycles. The highest BCUT2D eigenvalue weighted by Crippen LogP contribution is 2.13. The molecule has 0 radical (unpaired) electrons. The number of halogens is 1. The average molecular weight is 271 g/mol. The molecular weight excluding hydrogens is 249 g/mol. The van der Waals surface area contributed by atoms with Crippen molar-refractivity contribution in [2.75, 3.05) is 26.8 Å². The molecule has 5 heteroatoms. The van der Waals surface area contributed by atoms with Gasteiger partial charge < -0.3 is 20.3 Å². The van der Waals surface area contributed by atoms with E-state index in [1.807, 2.05) is 0 Å². The lowest BCUT2D eigenvalue weighted by Gasteiger charge is -2.24. The van der Waals surface area contributed by atoms with E-state index >= 15 is 0 Å². The highest BCUT2D eigenvalue weighted by molar-refractivity contribution is 5.18. The number of hydrogen-bond donors (Lipinski definition) is 3. The summed E-state index contributed by atoms with van der Waals surface area (Å²) in [6.07, 6.45) is -0.206. The van der Waals surface area contributed by atoms with E-state index in [1.165, 1.54) is 12.1 Å². The minimum absolute atomic E-state index is 0.300. The third-order valence-corrected chi connectivity index (χ3v) is 2.94. The van der Waals surface area contributed by atoms with Gasteiger partial charge in [0.05, 0.1) is 11.7 Å². The maximum atomic E-state index is 12.7. The van der Waals surface area contributed by atoms with Crippen LogP contribution in [0.4, 0.5) is 4.39 Å². The summed E-state index contributed by atoms with van der Waals surface area (Å²) >= 11 is 0. The van der Waals surface area contributed by atoms with Crippen LogP contribution in [0.5, 0.6) is 0 Å². The lowest BCUT2D eigenvalue weighted by Crippen LogP contribution is -2.40. The van der Waals surface area contributed by atoms with Crippen molar-refractivity contribution >= 4 is 0 Å². The van der Waals surface area contributed by atoms with E-state index < -0.39 is 11.7 Å². The monoisotopic (exact) mass is 271 g/mol. The number of aliphatic hydroxyl groups excluding tert-OH is 1. The zero-order valence-corrected chi connectivity index (χ0v) is 11.4. The summed E-state index contributed by atoms with van der Waals surface area (Å²) in [5, 5.41) is 22.9. The third kappa shape index (κ3) is 6.11. The van der Waals surface area contributed by atoms with Gasteiger partial charge in [0.1, 0.15) is 5.82 Å². The molecule has 0 heterocycles. The van der Waals surface area contributed by atoms with Gasteiger partial charge in [0.15, 0.2) is 0 Å². The van der Waals surface area contributed by atoms with Crippen molar-refractivity contribution in [1.29, 1.82) is 0 Å². The molecule has 4 nitrogen and oxygen atoms in total. The number of benzene rings is 1. The second-order valence-corrected chi connectivity index (χ2v) is 4.94. The van der Waals surface area contributed by atoms with Gasteiger partial charge in [-0.1, -0.05) is 12.1 Å². The van der Waals surface area contributed by atoms with Gasteiger partial charge >= 0.3 is 0 Å². The molecule has 19 heavy (non-hydrogen) atoms. The normalized spacial score (nSPS) is 16.1. The van der Waals surface area contributed by atoms with E-state index in [0.29, 0.717) is 31.7 Å².